The highest BCUT2D eigenvalue weighted by Crippen LogP contribution is 2.16. The van der Waals surface area contributed by atoms with Gasteiger partial charge >= 0.3 is 12.2 Å². The number of aromatic nitrogens is 2. The Balaban J connectivity index is 1.50. The number of hydrogen-bond donors (Lipinski definition) is 5. The summed E-state index contributed by atoms with van der Waals surface area (Å²) < 4.78 is 10.7. The van der Waals surface area contributed by atoms with E-state index in [1.165, 1.54) is 0 Å². The molecule has 0 aliphatic heterocycles. The maximum Gasteiger partial charge on any atom is 0.408 e. The van der Waals surface area contributed by atoms with Crippen molar-refractivity contribution in [3.8, 4) is 0 Å². The topological polar surface area (TPSA) is 172 Å². The molecule has 0 radical (unpaired) electrons. The zero-order valence-corrected chi connectivity index (χ0v) is 27.5. The number of amides is 3. The number of aliphatic hydroxyl groups is 2. The molecule has 12 nitrogen and oxygen atoms in total. The van der Waals surface area contributed by atoms with Crippen molar-refractivity contribution in [2.45, 2.75) is 70.2 Å². The molecule has 49 heavy (non-hydrogen) atoms. The van der Waals surface area contributed by atoms with Crippen LogP contribution in [0.5, 0.6) is 0 Å². The van der Waals surface area contributed by atoms with Gasteiger partial charge < -0.3 is 35.6 Å². The van der Waals surface area contributed by atoms with Gasteiger partial charge in [-0.2, -0.15) is 0 Å². The summed E-state index contributed by atoms with van der Waals surface area (Å²) in [7, 11) is 0. The van der Waals surface area contributed by atoms with Crippen molar-refractivity contribution in [3.05, 3.63) is 132 Å². The Morgan fingerprint density at radius 3 is 1.76 bits per heavy atom. The van der Waals surface area contributed by atoms with Crippen LogP contribution in [-0.4, -0.2) is 68.6 Å². The second-order valence-corrected chi connectivity index (χ2v) is 11.9. The molecule has 0 aliphatic rings. The number of alkyl carbamates (subject to hydrolysis) is 2. The first-order chi connectivity index (χ1) is 23.7. The van der Waals surface area contributed by atoms with Gasteiger partial charge in [0.25, 0.3) is 0 Å². The van der Waals surface area contributed by atoms with Gasteiger partial charge in [-0.3, -0.25) is 14.8 Å². The minimum atomic E-state index is -1.56. The monoisotopic (exact) mass is 669 g/mol. The molecule has 0 spiro atoms. The van der Waals surface area contributed by atoms with Crippen LogP contribution in [-0.2, 0) is 40.3 Å². The summed E-state index contributed by atoms with van der Waals surface area (Å²) >= 11 is 0. The lowest BCUT2D eigenvalue weighted by Crippen LogP contribution is -2.60. The van der Waals surface area contributed by atoms with Gasteiger partial charge in [0.1, 0.15) is 31.5 Å². The predicted molar refractivity (Wildman–Crippen MR) is 182 cm³/mol. The highest BCUT2D eigenvalue weighted by molar-refractivity contribution is 5.86. The van der Waals surface area contributed by atoms with E-state index >= 15 is 0 Å². The maximum atomic E-state index is 13.7. The van der Waals surface area contributed by atoms with Crippen molar-refractivity contribution in [2.24, 2.45) is 5.92 Å². The number of pyridine rings is 2. The molecular weight excluding hydrogens is 626 g/mol. The maximum absolute atomic E-state index is 13.7. The Hall–Kier alpha value is -5.33. The number of nitrogens with zero attached hydrogens (tertiary/aromatic N) is 2. The molecule has 12 heteroatoms. The fourth-order valence-electron chi connectivity index (χ4n) is 5.15. The van der Waals surface area contributed by atoms with Gasteiger partial charge in [-0.15, -0.1) is 0 Å². The summed E-state index contributed by atoms with van der Waals surface area (Å²) in [6.45, 7) is 3.40. The van der Waals surface area contributed by atoms with Crippen molar-refractivity contribution in [1.29, 1.82) is 0 Å². The van der Waals surface area contributed by atoms with Crippen LogP contribution in [0.4, 0.5) is 9.59 Å². The summed E-state index contributed by atoms with van der Waals surface area (Å²) in [6.07, 6.45) is 0.354. The zero-order chi connectivity index (χ0) is 35.0. The van der Waals surface area contributed by atoms with Gasteiger partial charge in [0.2, 0.25) is 5.91 Å². The number of rotatable bonds is 16. The smallest absolute Gasteiger partial charge is 0.408 e. The van der Waals surface area contributed by atoms with E-state index in [9.17, 15) is 24.6 Å². The van der Waals surface area contributed by atoms with E-state index in [0.29, 0.717) is 11.3 Å². The zero-order valence-electron chi connectivity index (χ0n) is 27.5. The van der Waals surface area contributed by atoms with Crippen molar-refractivity contribution < 1.29 is 34.1 Å². The number of hydrogen-bond acceptors (Lipinski definition) is 9. The quantitative estimate of drug-likeness (QED) is 0.119. The highest BCUT2D eigenvalue weighted by Gasteiger charge is 2.36. The van der Waals surface area contributed by atoms with Crippen LogP contribution in [0, 0.1) is 5.92 Å². The molecule has 2 heterocycles. The molecule has 0 saturated carbocycles. The molecule has 2 aromatic carbocycles. The molecule has 258 valence electrons. The third-order valence-corrected chi connectivity index (χ3v) is 7.79. The van der Waals surface area contributed by atoms with Crippen LogP contribution in [0.2, 0.25) is 0 Å². The van der Waals surface area contributed by atoms with Gasteiger partial charge in [-0.1, -0.05) is 86.6 Å². The molecule has 0 aliphatic carbocycles. The fourth-order valence-corrected chi connectivity index (χ4v) is 5.15. The number of aliphatic hydroxyl groups excluding tert-OH is 2. The summed E-state index contributed by atoms with van der Waals surface area (Å²) in [5, 5.41) is 31.5. The summed E-state index contributed by atoms with van der Waals surface area (Å²) in [5.41, 5.74) is 2.80. The molecule has 5 atom stereocenters. The first-order valence-corrected chi connectivity index (χ1v) is 16.1. The van der Waals surface area contributed by atoms with Crippen LogP contribution in [0.1, 0.15) is 36.2 Å². The van der Waals surface area contributed by atoms with Gasteiger partial charge in [-0.25, -0.2) is 9.59 Å². The van der Waals surface area contributed by atoms with Crippen LogP contribution < -0.4 is 16.0 Å². The molecule has 3 amide bonds. The Labute approximate surface area is 285 Å². The number of nitrogens with one attached hydrogen (secondary N) is 3. The van der Waals surface area contributed by atoms with Gasteiger partial charge in [0.15, 0.2) is 0 Å². The Kier molecular flexibility index (Phi) is 14.1. The lowest BCUT2D eigenvalue weighted by molar-refractivity contribution is -0.126. The highest BCUT2D eigenvalue weighted by atomic mass is 16.6. The Bertz CT molecular complexity index is 1580. The standard InChI is InChI=1S/C37H43N5O7/c1-25(2)32(42-37(47)49-24-29-17-9-10-19-39-29)35(45)40-30(20-26-12-5-3-6-13-26)33(43)34(44)31(21-27-14-7-4-8-15-27)41-36(46)48-23-28-16-11-18-38-22-28/h3-19,22,25,30-34,43-44H,20-21,23-24H2,1-2H3,(H,40,45)(H,41,46)(H,42,47)/t30-,31-,32-,33-,34-/m0/s1. The average molecular weight is 670 g/mol. The predicted octanol–water partition coefficient (Wildman–Crippen LogP) is 3.71. The second kappa shape index (κ2) is 18.9. The van der Waals surface area contributed by atoms with Crippen molar-refractivity contribution in [2.75, 3.05) is 0 Å². The summed E-state index contributed by atoms with van der Waals surface area (Å²) in [4.78, 5) is 47.4. The minimum absolute atomic E-state index is 0.0447. The van der Waals surface area contributed by atoms with E-state index in [2.05, 4.69) is 25.9 Å². The largest absolute Gasteiger partial charge is 0.445 e. The van der Waals surface area contributed by atoms with E-state index in [1.54, 1.807) is 62.8 Å². The third kappa shape index (κ3) is 12.0. The molecule has 4 rings (SSSR count). The third-order valence-electron chi connectivity index (χ3n) is 7.79. The molecule has 2 aromatic heterocycles. The number of ether oxygens (including phenoxy) is 2. The molecule has 0 bridgehead atoms. The molecule has 0 unspecified atom stereocenters. The second-order valence-electron chi connectivity index (χ2n) is 11.9. The molecule has 5 N–H and O–H groups in total. The normalized spacial score (nSPS) is 14.1. The molecular formula is C37H43N5O7. The Morgan fingerprint density at radius 1 is 0.653 bits per heavy atom. The van der Waals surface area contributed by atoms with Crippen molar-refractivity contribution in [3.63, 3.8) is 0 Å². The van der Waals surface area contributed by atoms with Crippen LogP contribution in [0.3, 0.4) is 0 Å². The van der Waals surface area contributed by atoms with E-state index < -0.39 is 48.4 Å². The van der Waals surface area contributed by atoms with Crippen molar-refractivity contribution in [1.82, 2.24) is 25.9 Å². The fraction of sp³-hybridized carbons (Fsp3) is 0.324. The first kappa shape index (κ1) is 36.5. The number of carbonyl (C=O) groups excluding carboxylic acids is 3. The van der Waals surface area contributed by atoms with Gasteiger partial charge in [0, 0.05) is 24.2 Å². The molecule has 0 fully saturated rings. The average Bonchev–Trinajstić information content (AvgIpc) is 3.12. The molecule has 0 saturated heterocycles. The molecule has 4 aromatic rings. The Morgan fingerprint density at radius 2 is 1.20 bits per heavy atom. The first-order valence-electron chi connectivity index (χ1n) is 16.1. The lowest BCUT2D eigenvalue weighted by atomic mass is 9.90. The summed E-state index contributed by atoms with van der Waals surface area (Å²) in [6, 6.07) is 24.0. The number of carbonyl (C=O) groups is 3. The lowest BCUT2D eigenvalue weighted by Gasteiger charge is -2.34. The van der Waals surface area contributed by atoms with Gasteiger partial charge in [-0.05, 0) is 48.1 Å². The summed E-state index contributed by atoms with van der Waals surface area (Å²) in [5.74, 6) is -0.940. The number of benzene rings is 2. The van der Waals surface area contributed by atoms with Crippen molar-refractivity contribution >= 4 is 18.1 Å². The van der Waals surface area contributed by atoms with Gasteiger partial charge in [0.05, 0.1) is 17.8 Å². The SMILES string of the molecule is CC(C)[C@H](NC(=O)OCc1ccccn1)C(=O)N[C@@H](Cc1ccccc1)[C@H](O)[C@@H](O)[C@H](Cc1ccccc1)NC(=O)OCc1cccnc1. The van der Waals surface area contributed by atoms with Crippen LogP contribution >= 0.6 is 0 Å². The van der Waals surface area contributed by atoms with Crippen LogP contribution in [0.15, 0.2) is 110 Å². The van der Waals surface area contributed by atoms with E-state index in [1.807, 2.05) is 60.7 Å². The van der Waals surface area contributed by atoms with Crippen LogP contribution in [0.25, 0.3) is 0 Å². The van der Waals surface area contributed by atoms with E-state index in [4.69, 9.17) is 9.47 Å². The minimum Gasteiger partial charge on any atom is -0.445 e. The van der Waals surface area contributed by atoms with E-state index in [0.717, 1.165) is 11.1 Å². The van der Waals surface area contributed by atoms with E-state index in [-0.39, 0.29) is 32.0 Å².